The number of carbonyl (C=O) groups excluding carboxylic acids is 1. The van der Waals surface area contributed by atoms with E-state index in [-0.39, 0.29) is 17.7 Å². The molecule has 174 valence electrons. The first-order valence-corrected chi connectivity index (χ1v) is 13.2. The summed E-state index contributed by atoms with van der Waals surface area (Å²) in [7, 11) is -2.86. The molecule has 4 N–H and O–H groups in total. The van der Waals surface area contributed by atoms with E-state index in [9.17, 15) is 13.9 Å². The van der Waals surface area contributed by atoms with E-state index in [1.807, 2.05) is 49.4 Å². The average Bonchev–Trinajstić information content (AvgIpc) is 2.96. The minimum absolute atomic E-state index is 0.0231. The fourth-order valence-corrected chi connectivity index (χ4v) is 6.21. The Labute approximate surface area is 195 Å². The Morgan fingerprint density at radius 2 is 2.03 bits per heavy atom. The largest absolute Gasteiger partial charge is 0.351 e. The minimum Gasteiger partial charge on any atom is -0.351 e. The maximum Gasteiger partial charge on any atom is 0.241 e. The van der Waals surface area contributed by atoms with Crippen LogP contribution in [-0.4, -0.2) is 44.9 Å². The fourth-order valence-electron chi connectivity index (χ4n) is 4.67. The molecule has 7 nitrogen and oxygen atoms in total. The van der Waals surface area contributed by atoms with Gasteiger partial charge in [0.1, 0.15) is 5.82 Å². The number of piperidine rings is 1. The summed E-state index contributed by atoms with van der Waals surface area (Å²) in [4.78, 5) is 20.6. The lowest BCUT2D eigenvalue weighted by Gasteiger charge is -2.32. The summed E-state index contributed by atoms with van der Waals surface area (Å²) in [5, 5.41) is 7.37. The lowest BCUT2D eigenvalue weighted by atomic mass is 10.0. The van der Waals surface area contributed by atoms with Gasteiger partial charge in [-0.15, -0.1) is 0 Å². The molecule has 1 fully saturated rings. The van der Waals surface area contributed by atoms with Gasteiger partial charge in [-0.1, -0.05) is 36.2 Å². The summed E-state index contributed by atoms with van der Waals surface area (Å²) < 4.78 is 21.4. The van der Waals surface area contributed by atoms with Crippen LogP contribution in [0, 0.1) is 6.92 Å². The van der Waals surface area contributed by atoms with Crippen LogP contribution in [0.5, 0.6) is 0 Å². The number of nitrogens with one attached hydrogen (secondary N) is 2. The number of amides is 1. The van der Waals surface area contributed by atoms with Crippen molar-refractivity contribution >= 4 is 38.9 Å². The molecule has 0 radical (unpaired) electrons. The third-order valence-corrected chi connectivity index (χ3v) is 8.35. The predicted octanol–water partition coefficient (Wildman–Crippen LogP) is 4.75. The Bertz CT molecular complexity index is 1190. The van der Waals surface area contributed by atoms with Crippen molar-refractivity contribution in [3.8, 4) is 0 Å². The number of hydrogen-bond acceptors (Lipinski definition) is 6. The Hall–Kier alpha value is -2.65. The first-order chi connectivity index (χ1) is 15.9. The van der Waals surface area contributed by atoms with Gasteiger partial charge in [-0.3, -0.25) is 13.9 Å². The van der Waals surface area contributed by atoms with Gasteiger partial charge in [0.05, 0.1) is 27.9 Å². The number of nitrogens with zero attached hydrogens (tertiary/aromatic N) is 2. The summed E-state index contributed by atoms with van der Waals surface area (Å²) in [6.45, 7) is 3.87. The third kappa shape index (κ3) is 4.56. The van der Waals surface area contributed by atoms with E-state index < -0.39 is 10.6 Å². The van der Waals surface area contributed by atoms with Gasteiger partial charge in [-0.25, -0.2) is 4.98 Å². The maximum atomic E-state index is 13.0. The quantitative estimate of drug-likeness (QED) is 0.445. The number of fused-ring (bicyclic) bond motifs is 2. The lowest BCUT2D eigenvalue weighted by molar-refractivity contribution is -0.118. The van der Waals surface area contributed by atoms with Crippen LogP contribution < -0.4 is 15.5 Å². The Morgan fingerprint density at radius 3 is 2.85 bits per heavy atom. The molecule has 0 saturated carbocycles. The van der Waals surface area contributed by atoms with Crippen molar-refractivity contribution in [3.63, 3.8) is 0 Å². The number of pyridine rings is 1. The van der Waals surface area contributed by atoms with Gasteiger partial charge in [0.25, 0.3) is 0 Å². The molecule has 1 saturated heterocycles. The van der Waals surface area contributed by atoms with Crippen molar-refractivity contribution in [2.45, 2.75) is 43.7 Å². The van der Waals surface area contributed by atoms with E-state index in [4.69, 9.17) is 4.98 Å². The molecule has 1 aromatic heterocycles. The first kappa shape index (κ1) is 22.2. The van der Waals surface area contributed by atoms with Crippen LogP contribution in [0.25, 0.3) is 10.9 Å². The fraction of sp³-hybridized carbons (Fsp3) is 0.360. The summed E-state index contributed by atoms with van der Waals surface area (Å²) in [6.07, 6.45) is 2.98. The Balaban J connectivity index is 1.52. The van der Waals surface area contributed by atoms with Gasteiger partial charge >= 0.3 is 0 Å². The van der Waals surface area contributed by atoms with Crippen LogP contribution in [-0.2, 0) is 11.3 Å². The average molecular weight is 467 g/mol. The monoisotopic (exact) mass is 466 g/mol. The molecule has 3 aromatic rings. The van der Waals surface area contributed by atoms with Crippen molar-refractivity contribution in [1.29, 1.82) is 0 Å². The van der Waals surface area contributed by atoms with Gasteiger partial charge in [0, 0.05) is 24.5 Å². The van der Waals surface area contributed by atoms with E-state index >= 15 is 0 Å². The zero-order valence-electron chi connectivity index (χ0n) is 18.8. The van der Waals surface area contributed by atoms with Gasteiger partial charge in [0.2, 0.25) is 5.91 Å². The van der Waals surface area contributed by atoms with E-state index in [1.165, 1.54) is 0 Å². The Kier molecular flexibility index (Phi) is 6.01. The lowest BCUT2D eigenvalue weighted by Crippen LogP contribution is -2.43. The molecule has 3 heterocycles. The highest BCUT2D eigenvalue weighted by Crippen LogP contribution is 2.51. The molecule has 2 aliphatic rings. The molecule has 0 bridgehead atoms. The van der Waals surface area contributed by atoms with Crippen LogP contribution in [0.4, 0.5) is 11.5 Å². The molecule has 5 rings (SSSR count). The standard InChI is InChI=1S/C25H30N4O3S/c1-17-9-10-20-19(14-17)22(28-25(30)21-7-4-5-11-26-21)15-24(27-20)29-12-13-33(31,32)23-8-3-2-6-18(23)16-29/h2-3,6,8-10,14-15,21,26,31-32H,4-5,7,11-13,16H2,1H3,(H,27,28,30). The Morgan fingerprint density at radius 1 is 1.18 bits per heavy atom. The van der Waals surface area contributed by atoms with E-state index in [2.05, 4.69) is 15.5 Å². The van der Waals surface area contributed by atoms with Crippen molar-refractivity contribution in [2.24, 2.45) is 0 Å². The smallest absolute Gasteiger partial charge is 0.241 e. The number of carbonyl (C=O) groups is 1. The van der Waals surface area contributed by atoms with Crippen LogP contribution in [0.3, 0.4) is 0 Å². The molecule has 2 aromatic carbocycles. The zero-order valence-corrected chi connectivity index (χ0v) is 19.6. The van der Waals surface area contributed by atoms with Crippen molar-refractivity contribution in [3.05, 3.63) is 59.7 Å². The van der Waals surface area contributed by atoms with Crippen molar-refractivity contribution in [1.82, 2.24) is 10.3 Å². The number of anilines is 2. The predicted molar refractivity (Wildman–Crippen MR) is 134 cm³/mol. The van der Waals surface area contributed by atoms with Gasteiger partial charge < -0.3 is 15.5 Å². The van der Waals surface area contributed by atoms with Crippen molar-refractivity contribution < 1.29 is 13.9 Å². The van der Waals surface area contributed by atoms with Crippen LogP contribution in [0.2, 0.25) is 0 Å². The molecule has 1 atom stereocenters. The molecule has 1 amide bonds. The molecule has 33 heavy (non-hydrogen) atoms. The van der Waals surface area contributed by atoms with E-state index in [1.54, 1.807) is 6.07 Å². The van der Waals surface area contributed by atoms with E-state index in [0.29, 0.717) is 23.8 Å². The van der Waals surface area contributed by atoms with Gasteiger partial charge in [-0.05, 0) is 50.1 Å². The van der Waals surface area contributed by atoms with Gasteiger partial charge in [-0.2, -0.15) is 10.6 Å². The van der Waals surface area contributed by atoms with Crippen LogP contribution >= 0.6 is 10.6 Å². The third-order valence-electron chi connectivity index (χ3n) is 6.49. The highest BCUT2D eigenvalue weighted by atomic mass is 32.3. The van der Waals surface area contributed by atoms with Crippen molar-refractivity contribution in [2.75, 3.05) is 29.1 Å². The number of aromatic nitrogens is 1. The second-order valence-electron chi connectivity index (χ2n) is 8.94. The minimum atomic E-state index is -2.86. The highest BCUT2D eigenvalue weighted by molar-refractivity contribution is 8.24. The molecule has 0 aliphatic carbocycles. The van der Waals surface area contributed by atoms with Crippen LogP contribution in [0.1, 0.15) is 30.4 Å². The van der Waals surface area contributed by atoms with Gasteiger partial charge in [0.15, 0.2) is 0 Å². The first-order valence-electron chi connectivity index (χ1n) is 11.5. The van der Waals surface area contributed by atoms with Crippen LogP contribution in [0.15, 0.2) is 53.4 Å². The molecular weight excluding hydrogens is 436 g/mol. The summed E-state index contributed by atoms with van der Waals surface area (Å²) in [5.41, 5.74) is 3.52. The molecular formula is C25H30N4O3S. The topological polar surface area (TPSA) is 97.7 Å². The molecule has 8 heteroatoms. The zero-order chi connectivity index (χ0) is 23.0. The summed E-state index contributed by atoms with van der Waals surface area (Å²) in [6, 6.07) is 15.3. The maximum absolute atomic E-state index is 13.0. The highest BCUT2D eigenvalue weighted by Gasteiger charge is 2.27. The molecule has 1 unspecified atom stereocenters. The second-order valence-corrected chi connectivity index (χ2v) is 11.1. The summed E-state index contributed by atoms with van der Waals surface area (Å²) >= 11 is 0. The second kappa shape index (κ2) is 8.95. The molecule has 0 spiro atoms. The molecule has 2 aliphatic heterocycles. The normalized spacial score (nSPS) is 21.2. The number of hydrogen-bond donors (Lipinski definition) is 4. The van der Waals surface area contributed by atoms with E-state index in [0.717, 1.165) is 53.5 Å². The number of aryl methyl sites for hydroxylation is 1. The number of rotatable bonds is 3. The number of benzene rings is 2. The summed E-state index contributed by atoms with van der Waals surface area (Å²) in [5.74, 6) is 0.931. The SMILES string of the molecule is Cc1ccc2nc(N3CCS(O)(O)c4ccccc4C3)cc(NC(=O)C3CCCCN3)c2c1.